The Morgan fingerprint density at radius 3 is 2.48 bits per heavy atom. The van der Waals surface area contributed by atoms with E-state index in [0.29, 0.717) is 18.9 Å². The minimum Gasteiger partial charge on any atom is -0.352 e. The van der Waals surface area contributed by atoms with Crippen LogP contribution in [0.3, 0.4) is 0 Å². The minimum atomic E-state index is 0.0409. The highest BCUT2D eigenvalue weighted by Gasteiger charge is 2.20. The predicted molar refractivity (Wildman–Crippen MR) is 123 cm³/mol. The Morgan fingerprint density at radius 2 is 1.77 bits per heavy atom. The zero-order chi connectivity index (χ0) is 21.6. The molecule has 2 aromatic heterocycles. The molecule has 158 valence electrons. The topological polar surface area (TPSA) is 74.2 Å². The third-order valence-electron chi connectivity index (χ3n) is 5.33. The van der Waals surface area contributed by atoms with Crippen molar-refractivity contribution in [2.24, 2.45) is 0 Å². The van der Waals surface area contributed by atoms with Crippen LogP contribution in [0.5, 0.6) is 0 Å². The normalized spacial score (nSPS) is 14.1. The third kappa shape index (κ3) is 5.25. The van der Waals surface area contributed by atoms with Crippen LogP contribution in [0.15, 0.2) is 60.8 Å². The molecule has 4 rings (SSSR count). The molecule has 31 heavy (non-hydrogen) atoms. The molecule has 1 aliphatic heterocycles. The van der Waals surface area contributed by atoms with Gasteiger partial charge in [-0.2, -0.15) is 0 Å². The number of carbonyl (C=O) groups excluding carboxylic acids is 1. The molecule has 0 radical (unpaired) electrons. The van der Waals surface area contributed by atoms with Crippen molar-refractivity contribution in [3.8, 4) is 0 Å². The van der Waals surface area contributed by atoms with E-state index >= 15 is 0 Å². The molecule has 0 saturated carbocycles. The van der Waals surface area contributed by atoms with Crippen LogP contribution >= 0.6 is 0 Å². The Labute approximate surface area is 182 Å². The van der Waals surface area contributed by atoms with E-state index in [4.69, 9.17) is 0 Å². The summed E-state index contributed by atoms with van der Waals surface area (Å²) in [6.45, 7) is 6.83. The molecular weight excluding hydrogens is 388 g/mol. The molecule has 3 aromatic rings. The number of carbonyl (C=O) groups is 1. The summed E-state index contributed by atoms with van der Waals surface area (Å²) < 4.78 is 0. The number of aromatic nitrogens is 3. The van der Waals surface area contributed by atoms with Crippen LogP contribution in [0.4, 0.5) is 17.5 Å². The molecule has 1 aromatic carbocycles. The van der Waals surface area contributed by atoms with E-state index in [9.17, 15) is 4.79 Å². The van der Waals surface area contributed by atoms with Crippen molar-refractivity contribution in [2.75, 3.05) is 36.4 Å². The zero-order valence-corrected chi connectivity index (χ0v) is 17.8. The molecule has 3 heterocycles. The molecule has 1 aliphatic rings. The molecule has 0 aliphatic carbocycles. The highest BCUT2D eigenvalue weighted by Crippen LogP contribution is 2.17. The number of benzene rings is 1. The molecule has 1 N–H and O–H groups in total. The SMILES string of the molecule is Cc1ccnc(Nc2ccc(N3CCN(C(=O)/C=C/c4ccccc4C)CC3)nn2)c1. The second kappa shape index (κ2) is 9.38. The number of rotatable bonds is 5. The van der Waals surface area contributed by atoms with Crippen molar-refractivity contribution in [3.63, 3.8) is 0 Å². The first-order valence-electron chi connectivity index (χ1n) is 10.4. The van der Waals surface area contributed by atoms with Crippen LogP contribution < -0.4 is 10.2 Å². The summed E-state index contributed by atoms with van der Waals surface area (Å²) in [5, 5.41) is 11.8. The standard InChI is InChI=1S/C24H26N6O/c1-18-11-12-25-22(17-18)26-21-8-9-23(28-27-21)29-13-15-30(16-14-29)24(31)10-7-20-6-4-3-5-19(20)2/h3-12,17H,13-16H2,1-2H3,(H,25,26,27)/b10-7+. The van der Waals surface area contributed by atoms with E-state index in [0.717, 1.165) is 41.4 Å². The van der Waals surface area contributed by atoms with Gasteiger partial charge in [0.05, 0.1) is 0 Å². The lowest BCUT2D eigenvalue weighted by molar-refractivity contribution is -0.126. The highest BCUT2D eigenvalue weighted by molar-refractivity contribution is 5.92. The summed E-state index contributed by atoms with van der Waals surface area (Å²) in [5.41, 5.74) is 3.36. The van der Waals surface area contributed by atoms with Crippen molar-refractivity contribution >= 4 is 29.4 Å². The number of hydrogen-bond donors (Lipinski definition) is 1. The number of hydrogen-bond acceptors (Lipinski definition) is 6. The van der Waals surface area contributed by atoms with Crippen LogP contribution in [0.2, 0.25) is 0 Å². The highest BCUT2D eigenvalue weighted by atomic mass is 16.2. The molecule has 0 spiro atoms. The Balaban J connectivity index is 1.31. The fourth-order valence-electron chi connectivity index (χ4n) is 3.49. The monoisotopic (exact) mass is 414 g/mol. The number of anilines is 3. The van der Waals surface area contributed by atoms with Crippen LogP contribution in [-0.4, -0.2) is 52.2 Å². The summed E-state index contributed by atoms with van der Waals surface area (Å²) in [4.78, 5) is 20.8. The average Bonchev–Trinajstić information content (AvgIpc) is 2.79. The fraction of sp³-hybridized carbons (Fsp3) is 0.250. The van der Waals surface area contributed by atoms with Gasteiger partial charge in [0.25, 0.3) is 0 Å². The second-order valence-electron chi connectivity index (χ2n) is 7.62. The molecule has 7 nitrogen and oxygen atoms in total. The molecule has 0 atom stereocenters. The summed E-state index contributed by atoms with van der Waals surface area (Å²) in [5.74, 6) is 2.24. The van der Waals surface area contributed by atoms with Crippen LogP contribution in [0.25, 0.3) is 6.08 Å². The predicted octanol–water partition coefficient (Wildman–Crippen LogP) is 3.59. The number of pyridine rings is 1. The lowest BCUT2D eigenvalue weighted by Crippen LogP contribution is -2.48. The first kappa shape index (κ1) is 20.5. The van der Waals surface area contributed by atoms with E-state index < -0.39 is 0 Å². The molecular formula is C24H26N6O. The smallest absolute Gasteiger partial charge is 0.246 e. The van der Waals surface area contributed by atoms with Gasteiger partial charge in [0.15, 0.2) is 11.6 Å². The Morgan fingerprint density at radius 1 is 0.968 bits per heavy atom. The third-order valence-corrected chi connectivity index (χ3v) is 5.33. The van der Waals surface area contributed by atoms with Crippen molar-refractivity contribution in [2.45, 2.75) is 13.8 Å². The van der Waals surface area contributed by atoms with Gasteiger partial charge in [0.1, 0.15) is 5.82 Å². The first-order valence-corrected chi connectivity index (χ1v) is 10.4. The average molecular weight is 415 g/mol. The van der Waals surface area contributed by atoms with E-state index in [1.807, 2.05) is 73.4 Å². The zero-order valence-electron chi connectivity index (χ0n) is 17.8. The molecule has 1 saturated heterocycles. The van der Waals surface area contributed by atoms with Gasteiger partial charge in [-0.3, -0.25) is 4.79 Å². The van der Waals surface area contributed by atoms with E-state index in [2.05, 4.69) is 25.4 Å². The lowest BCUT2D eigenvalue weighted by Gasteiger charge is -2.34. The number of piperazine rings is 1. The van der Waals surface area contributed by atoms with Crippen LogP contribution in [-0.2, 0) is 4.79 Å². The Hall–Kier alpha value is -3.74. The van der Waals surface area contributed by atoms with Crippen molar-refractivity contribution in [1.82, 2.24) is 20.1 Å². The van der Waals surface area contributed by atoms with Gasteiger partial charge in [0, 0.05) is 38.5 Å². The van der Waals surface area contributed by atoms with Crippen LogP contribution in [0, 0.1) is 13.8 Å². The number of amides is 1. The lowest BCUT2D eigenvalue weighted by atomic mass is 10.1. The van der Waals surface area contributed by atoms with Gasteiger partial charge in [-0.25, -0.2) is 4.98 Å². The molecule has 7 heteroatoms. The molecule has 0 unspecified atom stereocenters. The fourth-order valence-corrected chi connectivity index (χ4v) is 3.49. The minimum absolute atomic E-state index is 0.0409. The van der Waals surface area contributed by atoms with Gasteiger partial charge in [-0.05, 0) is 60.9 Å². The van der Waals surface area contributed by atoms with Gasteiger partial charge in [-0.1, -0.05) is 24.3 Å². The number of aryl methyl sites for hydroxylation is 2. The molecule has 0 bridgehead atoms. The molecule has 1 fully saturated rings. The van der Waals surface area contributed by atoms with Crippen molar-refractivity contribution in [1.29, 1.82) is 0 Å². The quantitative estimate of drug-likeness (QED) is 0.643. The Kier molecular flexibility index (Phi) is 6.21. The summed E-state index contributed by atoms with van der Waals surface area (Å²) >= 11 is 0. The largest absolute Gasteiger partial charge is 0.352 e. The van der Waals surface area contributed by atoms with Gasteiger partial charge >= 0.3 is 0 Å². The maximum atomic E-state index is 12.5. The number of nitrogens with zero attached hydrogens (tertiary/aromatic N) is 5. The van der Waals surface area contributed by atoms with E-state index in [1.165, 1.54) is 0 Å². The summed E-state index contributed by atoms with van der Waals surface area (Å²) in [7, 11) is 0. The Bertz CT molecular complexity index is 1070. The van der Waals surface area contributed by atoms with Gasteiger partial charge in [-0.15, -0.1) is 10.2 Å². The van der Waals surface area contributed by atoms with E-state index in [1.54, 1.807) is 12.3 Å². The maximum Gasteiger partial charge on any atom is 0.246 e. The maximum absolute atomic E-state index is 12.5. The van der Waals surface area contributed by atoms with Gasteiger partial charge < -0.3 is 15.1 Å². The summed E-state index contributed by atoms with van der Waals surface area (Å²) in [6, 6.07) is 15.8. The van der Waals surface area contributed by atoms with Crippen molar-refractivity contribution in [3.05, 3.63) is 77.5 Å². The van der Waals surface area contributed by atoms with Crippen molar-refractivity contribution < 1.29 is 4.79 Å². The second-order valence-corrected chi connectivity index (χ2v) is 7.62. The van der Waals surface area contributed by atoms with E-state index in [-0.39, 0.29) is 5.91 Å². The van der Waals surface area contributed by atoms with Gasteiger partial charge in [0.2, 0.25) is 5.91 Å². The molecule has 1 amide bonds. The number of nitrogens with one attached hydrogen (secondary N) is 1. The van der Waals surface area contributed by atoms with Crippen LogP contribution in [0.1, 0.15) is 16.7 Å². The summed E-state index contributed by atoms with van der Waals surface area (Å²) in [6.07, 6.45) is 5.32. The first-order chi connectivity index (χ1) is 15.1.